The lowest BCUT2D eigenvalue weighted by Crippen LogP contribution is -2.05. The Labute approximate surface area is 229 Å². The molecule has 38 heavy (non-hydrogen) atoms. The van der Waals surface area contributed by atoms with Crippen LogP contribution < -0.4 is 4.74 Å². The minimum absolute atomic E-state index is 0.141. The first-order valence-electron chi connectivity index (χ1n) is 13.4. The molecule has 0 saturated heterocycles. The van der Waals surface area contributed by atoms with Crippen molar-refractivity contribution in [3.8, 4) is 5.75 Å². The maximum Gasteiger partial charge on any atom is 0.337 e. The number of carbonyl (C=O) groups is 2. The van der Waals surface area contributed by atoms with Gasteiger partial charge in [0.1, 0.15) is 11.4 Å². The Hall–Kier alpha value is -3.00. The van der Waals surface area contributed by atoms with Crippen LogP contribution in [0, 0.1) is 0 Å². The predicted octanol–water partition coefficient (Wildman–Crippen LogP) is 6.66. The molecule has 2 rings (SSSR count). The van der Waals surface area contributed by atoms with Crippen molar-refractivity contribution in [2.45, 2.75) is 81.8 Å². The van der Waals surface area contributed by atoms with E-state index >= 15 is 0 Å². The number of unbranched alkanes of at least 4 members (excludes halogenated alkanes) is 9. The monoisotopic (exact) mass is 543 g/mol. The van der Waals surface area contributed by atoms with Crippen LogP contribution in [0.25, 0.3) is 6.08 Å². The lowest BCUT2D eigenvalue weighted by molar-refractivity contribution is -0.134. The van der Waals surface area contributed by atoms with Crippen molar-refractivity contribution in [1.82, 2.24) is 4.98 Å². The van der Waals surface area contributed by atoms with Crippen molar-refractivity contribution in [2.24, 2.45) is 0 Å². The Morgan fingerprint density at radius 3 is 2.24 bits per heavy atom. The van der Waals surface area contributed by atoms with Gasteiger partial charge in [-0.2, -0.15) is 0 Å². The molecule has 1 heterocycles. The molecule has 0 bridgehead atoms. The number of rotatable bonds is 18. The molecule has 0 fully saturated rings. The molecular weight excluding hydrogens is 502 g/mol. The van der Waals surface area contributed by atoms with Crippen molar-refractivity contribution >= 4 is 28.8 Å². The van der Waals surface area contributed by atoms with E-state index in [1.807, 2.05) is 0 Å². The SMILES string of the molecule is CCCCCCCCCCCCOc1ccc(CS(=O)c2cccc(C(=O)OC)c2)nc1/C=C/C(=O)OC. The summed E-state index contributed by atoms with van der Waals surface area (Å²) >= 11 is 0. The van der Waals surface area contributed by atoms with Gasteiger partial charge in [-0.15, -0.1) is 0 Å². The molecule has 1 atom stereocenters. The first-order valence-corrected chi connectivity index (χ1v) is 14.8. The van der Waals surface area contributed by atoms with E-state index < -0.39 is 22.7 Å². The minimum Gasteiger partial charge on any atom is -0.491 e. The van der Waals surface area contributed by atoms with Gasteiger partial charge in [-0.05, 0) is 42.8 Å². The van der Waals surface area contributed by atoms with E-state index in [-0.39, 0.29) is 5.75 Å². The van der Waals surface area contributed by atoms with E-state index in [0.717, 1.165) is 12.8 Å². The van der Waals surface area contributed by atoms with Crippen molar-refractivity contribution in [3.63, 3.8) is 0 Å². The minimum atomic E-state index is -1.43. The van der Waals surface area contributed by atoms with E-state index in [2.05, 4.69) is 11.9 Å². The zero-order chi connectivity index (χ0) is 27.6. The second-order valence-electron chi connectivity index (χ2n) is 9.08. The van der Waals surface area contributed by atoms with Crippen molar-refractivity contribution in [1.29, 1.82) is 0 Å². The summed E-state index contributed by atoms with van der Waals surface area (Å²) in [6, 6.07) is 10.1. The molecule has 1 aromatic carbocycles. The lowest BCUT2D eigenvalue weighted by Gasteiger charge is -2.11. The molecule has 0 saturated carbocycles. The fourth-order valence-corrected chi connectivity index (χ4v) is 5.00. The largest absolute Gasteiger partial charge is 0.491 e. The Balaban J connectivity index is 1.94. The molecule has 0 aliphatic heterocycles. The Bertz CT molecular complexity index is 1070. The highest BCUT2D eigenvalue weighted by Gasteiger charge is 2.13. The van der Waals surface area contributed by atoms with Crippen LogP contribution >= 0.6 is 0 Å². The normalized spacial score (nSPS) is 11.9. The summed E-state index contributed by atoms with van der Waals surface area (Å²) in [5, 5.41) is 0. The number of pyridine rings is 1. The third kappa shape index (κ3) is 11.6. The molecule has 0 amide bonds. The first kappa shape index (κ1) is 31.2. The van der Waals surface area contributed by atoms with Crippen LogP contribution in [0.3, 0.4) is 0 Å². The van der Waals surface area contributed by atoms with E-state index in [4.69, 9.17) is 14.2 Å². The highest BCUT2D eigenvalue weighted by atomic mass is 32.2. The molecule has 0 aliphatic rings. The predicted molar refractivity (Wildman–Crippen MR) is 151 cm³/mol. The van der Waals surface area contributed by atoms with Crippen LogP contribution in [0.2, 0.25) is 0 Å². The van der Waals surface area contributed by atoms with Gasteiger partial charge >= 0.3 is 11.9 Å². The third-order valence-electron chi connectivity index (χ3n) is 6.07. The van der Waals surface area contributed by atoms with Gasteiger partial charge in [0.25, 0.3) is 0 Å². The van der Waals surface area contributed by atoms with Crippen molar-refractivity contribution in [2.75, 3.05) is 20.8 Å². The second kappa shape index (κ2) is 18.3. The topological polar surface area (TPSA) is 91.8 Å². The summed E-state index contributed by atoms with van der Waals surface area (Å²) < 4.78 is 28.4. The summed E-state index contributed by atoms with van der Waals surface area (Å²) in [5.41, 5.74) is 1.38. The van der Waals surface area contributed by atoms with Gasteiger partial charge in [-0.1, -0.05) is 70.8 Å². The summed E-state index contributed by atoms with van der Waals surface area (Å²) in [5.74, 6) is -0.284. The van der Waals surface area contributed by atoms with E-state index in [9.17, 15) is 13.8 Å². The quantitative estimate of drug-likeness (QED) is 0.118. The molecule has 0 spiro atoms. The summed E-state index contributed by atoms with van der Waals surface area (Å²) in [6.07, 6.45) is 15.3. The Morgan fingerprint density at radius 1 is 0.895 bits per heavy atom. The average Bonchev–Trinajstić information content (AvgIpc) is 2.94. The molecule has 2 aromatic rings. The van der Waals surface area contributed by atoms with Gasteiger partial charge in [0.05, 0.1) is 48.6 Å². The molecule has 0 aliphatic carbocycles. The average molecular weight is 544 g/mol. The van der Waals surface area contributed by atoms with Crippen LogP contribution in [-0.4, -0.2) is 42.0 Å². The first-order chi connectivity index (χ1) is 18.5. The summed E-state index contributed by atoms with van der Waals surface area (Å²) in [4.78, 5) is 28.5. The van der Waals surface area contributed by atoms with Gasteiger partial charge in [0.15, 0.2) is 0 Å². The standard InChI is InChI=1S/C30H41NO6S/c1-4-5-6-7-8-9-10-11-12-13-21-37-28-19-17-25(31-27(28)18-20-29(32)35-2)23-38(34)26-16-14-15-24(22-26)30(33)36-3/h14-20,22H,4-13,21,23H2,1-3H3/b20-18+. The summed E-state index contributed by atoms with van der Waals surface area (Å²) in [6.45, 7) is 2.80. The van der Waals surface area contributed by atoms with Crippen LogP contribution in [0.15, 0.2) is 47.4 Å². The molecule has 8 heteroatoms. The Morgan fingerprint density at radius 2 is 1.58 bits per heavy atom. The van der Waals surface area contributed by atoms with Crippen LogP contribution in [-0.2, 0) is 30.8 Å². The lowest BCUT2D eigenvalue weighted by atomic mass is 10.1. The number of hydrogen-bond acceptors (Lipinski definition) is 7. The highest BCUT2D eigenvalue weighted by molar-refractivity contribution is 7.84. The number of hydrogen-bond donors (Lipinski definition) is 0. The maximum absolute atomic E-state index is 13.0. The maximum atomic E-state index is 13.0. The molecule has 7 nitrogen and oxygen atoms in total. The van der Waals surface area contributed by atoms with E-state index in [1.165, 1.54) is 71.7 Å². The van der Waals surface area contributed by atoms with Crippen molar-refractivity contribution in [3.05, 3.63) is 59.4 Å². The van der Waals surface area contributed by atoms with Crippen LogP contribution in [0.1, 0.15) is 92.9 Å². The fourth-order valence-electron chi connectivity index (χ4n) is 3.91. The molecule has 1 unspecified atom stereocenters. The summed E-state index contributed by atoms with van der Waals surface area (Å²) in [7, 11) is 1.18. The van der Waals surface area contributed by atoms with Gasteiger partial charge in [0, 0.05) is 11.0 Å². The van der Waals surface area contributed by atoms with Gasteiger partial charge in [-0.3, -0.25) is 4.21 Å². The van der Waals surface area contributed by atoms with Crippen LogP contribution in [0.5, 0.6) is 5.75 Å². The van der Waals surface area contributed by atoms with Gasteiger partial charge in [-0.25, -0.2) is 14.6 Å². The van der Waals surface area contributed by atoms with E-state index in [1.54, 1.807) is 42.5 Å². The smallest absolute Gasteiger partial charge is 0.337 e. The fraction of sp³-hybridized carbons (Fsp3) is 0.500. The zero-order valence-corrected chi connectivity index (χ0v) is 23.7. The number of nitrogens with zero attached hydrogens (tertiary/aromatic N) is 1. The molecule has 0 N–H and O–H groups in total. The van der Waals surface area contributed by atoms with E-state index in [0.29, 0.717) is 34.2 Å². The van der Waals surface area contributed by atoms with Crippen molar-refractivity contribution < 1.29 is 28.0 Å². The number of esters is 2. The molecule has 208 valence electrons. The Kier molecular flexibility index (Phi) is 15.0. The molecule has 0 radical (unpaired) electrons. The zero-order valence-electron chi connectivity index (χ0n) is 22.9. The number of methoxy groups -OCH3 is 2. The highest BCUT2D eigenvalue weighted by Crippen LogP contribution is 2.22. The van der Waals surface area contributed by atoms with Gasteiger partial charge < -0.3 is 14.2 Å². The van der Waals surface area contributed by atoms with Crippen LogP contribution in [0.4, 0.5) is 0 Å². The number of carbonyl (C=O) groups excluding carboxylic acids is 2. The number of benzene rings is 1. The number of aromatic nitrogens is 1. The van der Waals surface area contributed by atoms with Gasteiger partial charge in [0.2, 0.25) is 0 Å². The third-order valence-corrected chi connectivity index (χ3v) is 7.41. The second-order valence-corrected chi connectivity index (χ2v) is 10.5. The number of ether oxygens (including phenoxy) is 3. The molecule has 1 aromatic heterocycles. The molecular formula is C30H41NO6S.